The molecule has 4 rings (SSSR count). The Morgan fingerprint density at radius 2 is 1.84 bits per heavy atom. The maximum atomic E-state index is 12.4. The van der Waals surface area contributed by atoms with Crippen LogP contribution in [0.15, 0.2) is 49.1 Å². The third kappa shape index (κ3) is 3.47. The van der Waals surface area contributed by atoms with Crippen molar-refractivity contribution in [1.29, 1.82) is 0 Å². The number of hydrogen-bond donors (Lipinski definition) is 1. The molecule has 0 saturated carbocycles. The number of carbonyl (C=O) groups excluding carboxylic acids is 1. The molecule has 128 valence electrons. The highest BCUT2D eigenvalue weighted by Gasteiger charge is 2.12. The molecular formula is C19H21N5O. The third-order valence-electron chi connectivity index (χ3n) is 4.60. The average Bonchev–Trinajstić information content (AvgIpc) is 2.94. The van der Waals surface area contributed by atoms with E-state index in [-0.39, 0.29) is 5.91 Å². The van der Waals surface area contributed by atoms with Crippen LogP contribution in [0.3, 0.4) is 0 Å². The van der Waals surface area contributed by atoms with Crippen molar-refractivity contribution < 1.29 is 4.79 Å². The summed E-state index contributed by atoms with van der Waals surface area (Å²) in [6.45, 7) is 2.09. The van der Waals surface area contributed by atoms with E-state index in [0.29, 0.717) is 5.56 Å². The molecule has 1 fully saturated rings. The van der Waals surface area contributed by atoms with Gasteiger partial charge < -0.3 is 14.6 Å². The number of fused-ring (bicyclic) bond motifs is 1. The zero-order valence-corrected chi connectivity index (χ0v) is 14.1. The van der Waals surface area contributed by atoms with Crippen molar-refractivity contribution in [2.75, 3.05) is 23.3 Å². The molecule has 3 aromatic rings. The van der Waals surface area contributed by atoms with Crippen molar-refractivity contribution in [2.45, 2.75) is 25.7 Å². The Bertz CT molecular complexity index is 863. The van der Waals surface area contributed by atoms with Gasteiger partial charge in [-0.15, -0.1) is 0 Å². The van der Waals surface area contributed by atoms with Crippen LogP contribution in [0.4, 0.5) is 11.5 Å². The average molecular weight is 335 g/mol. The largest absolute Gasteiger partial charge is 0.357 e. The smallest absolute Gasteiger partial charge is 0.257 e. The number of nitrogens with zero attached hydrogens (tertiary/aromatic N) is 4. The fraction of sp³-hybridized carbons (Fsp3) is 0.316. The highest BCUT2D eigenvalue weighted by atomic mass is 16.1. The Balaban J connectivity index is 1.46. The summed E-state index contributed by atoms with van der Waals surface area (Å²) < 4.78 is 1.90. The molecule has 1 aliphatic rings. The lowest BCUT2D eigenvalue weighted by molar-refractivity contribution is 0.102. The van der Waals surface area contributed by atoms with Gasteiger partial charge in [0.05, 0.1) is 5.56 Å². The minimum absolute atomic E-state index is 0.161. The number of amides is 1. The van der Waals surface area contributed by atoms with Gasteiger partial charge in [0.25, 0.3) is 5.91 Å². The van der Waals surface area contributed by atoms with Crippen LogP contribution in [-0.4, -0.2) is 33.4 Å². The van der Waals surface area contributed by atoms with Crippen LogP contribution in [0.2, 0.25) is 0 Å². The van der Waals surface area contributed by atoms with Gasteiger partial charge in [0.1, 0.15) is 11.5 Å². The highest BCUT2D eigenvalue weighted by molar-refractivity contribution is 6.04. The van der Waals surface area contributed by atoms with E-state index in [2.05, 4.69) is 20.2 Å². The standard InChI is InChI=1S/C19H21N5O/c25-19(22-16-7-11-24-12-8-20-18(24)13-16)15-5-6-17(21-14-15)23-9-3-1-2-4-10-23/h5-8,11-14H,1-4,9-10H2,(H,22,25). The quantitative estimate of drug-likeness (QED) is 0.797. The van der Waals surface area contributed by atoms with Gasteiger partial charge in [-0.05, 0) is 31.0 Å². The fourth-order valence-corrected chi connectivity index (χ4v) is 3.20. The van der Waals surface area contributed by atoms with Crippen LogP contribution in [0.5, 0.6) is 0 Å². The lowest BCUT2D eigenvalue weighted by atomic mass is 10.2. The van der Waals surface area contributed by atoms with Crippen LogP contribution >= 0.6 is 0 Å². The molecule has 0 bridgehead atoms. The minimum atomic E-state index is -0.161. The summed E-state index contributed by atoms with van der Waals surface area (Å²) in [4.78, 5) is 23.5. The number of anilines is 2. The molecule has 6 nitrogen and oxygen atoms in total. The molecule has 0 spiro atoms. The monoisotopic (exact) mass is 335 g/mol. The normalized spacial score (nSPS) is 15.1. The molecule has 4 heterocycles. The predicted molar refractivity (Wildman–Crippen MR) is 98.1 cm³/mol. The molecule has 1 N–H and O–H groups in total. The van der Waals surface area contributed by atoms with Gasteiger partial charge in [-0.25, -0.2) is 9.97 Å². The summed E-state index contributed by atoms with van der Waals surface area (Å²) in [7, 11) is 0. The fourth-order valence-electron chi connectivity index (χ4n) is 3.20. The maximum Gasteiger partial charge on any atom is 0.257 e. The topological polar surface area (TPSA) is 62.5 Å². The Kier molecular flexibility index (Phi) is 4.33. The third-order valence-corrected chi connectivity index (χ3v) is 4.60. The lowest BCUT2D eigenvalue weighted by Gasteiger charge is -2.21. The number of rotatable bonds is 3. The number of nitrogens with one attached hydrogen (secondary N) is 1. The summed E-state index contributed by atoms with van der Waals surface area (Å²) in [6, 6.07) is 7.48. The molecule has 1 aliphatic heterocycles. The Hall–Kier alpha value is -2.89. The van der Waals surface area contributed by atoms with Gasteiger partial charge in [-0.3, -0.25) is 4.79 Å². The molecule has 0 unspecified atom stereocenters. The summed E-state index contributed by atoms with van der Waals surface area (Å²) in [6.07, 6.45) is 12.1. The molecule has 25 heavy (non-hydrogen) atoms. The van der Waals surface area contributed by atoms with Gasteiger partial charge in [-0.1, -0.05) is 12.8 Å². The summed E-state index contributed by atoms with van der Waals surface area (Å²) >= 11 is 0. The Labute approximate surface area is 146 Å². The van der Waals surface area contributed by atoms with Crippen LogP contribution in [0.25, 0.3) is 5.65 Å². The first-order valence-corrected chi connectivity index (χ1v) is 8.75. The lowest BCUT2D eigenvalue weighted by Crippen LogP contribution is -2.25. The second-order valence-electron chi connectivity index (χ2n) is 6.37. The first-order valence-electron chi connectivity index (χ1n) is 8.75. The molecule has 0 radical (unpaired) electrons. The zero-order chi connectivity index (χ0) is 17.1. The first kappa shape index (κ1) is 15.6. The van der Waals surface area contributed by atoms with Gasteiger partial charge in [0.15, 0.2) is 0 Å². The van der Waals surface area contributed by atoms with E-state index in [4.69, 9.17) is 0 Å². The van der Waals surface area contributed by atoms with Crippen molar-refractivity contribution in [3.8, 4) is 0 Å². The molecule has 0 aliphatic carbocycles. The summed E-state index contributed by atoms with van der Waals surface area (Å²) in [5.74, 6) is 0.795. The summed E-state index contributed by atoms with van der Waals surface area (Å²) in [5, 5.41) is 2.90. The van der Waals surface area contributed by atoms with Crippen LogP contribution in [0, 0.1) is 0 Å². The predicted octanol–water partition coefficient (Wildman–Crippen LogP) is 3.36. The first-order chi connectivity index (χ1) is 12.3. The van der Waals surface area contributed by atoms with E-state index in [1.54, 1.807) is 12.4 Å². The number of carbonyl (C=O) groups is 1. The molecule has 3 aromatic heterocycles. The Morgan fingerprint density at radius 3 is 2.60 bits per heavy atom. The van der Waals surface area contributed by atoms with Crippen LogP contribution in [-0.2, 0) is 0 Å². The van der Waals surface area contributed by atoms with Gasteiger partial charge in [0, 0.05) is 49.6 Å². The second kappa shape index (κ2) is 6.93. The molecule has 0 atom stereocenters. The van der Waals surface area contributed by atoms with Crippen molar-refractivity contribution in [1.82, 2.24) is 14.4 Å². The number of imidazole rings is 1. The van der Waals surface area contributed by atoms with Crippen molar-refractivity contribution in [3.63, 3.8) is 0 Å². The molecule has 1 amide bonds. The van der Waals surface area contributed by atoms with Gasteiger partial charge >= 0.3 is 0 Å². The molecule has 0 aromatic carbocycles. The van der Waals surface area contributed by atoms with Crippen molar-refractivity contribution >= 4 is 23.1 Å². The second-order valence-corrected chi connectivity index (χ2v) is 6.37. The van der Waals surface area contributed by atoms with Crippen molar-refractivity contribution in [3.05, 3.63) is 54.6 Å². The number of pyridine rings is 2. The molecule has 1 saturated heterocycles. The van der Waals surface area contributed by atoms with Crippen LogP contribution < -0.4 is 10.2 Å². The van der Waals surface area contributed by atoms with E-state index >= 15 is 0 Å². The van der Waals surface area contributed by atoms with E-state index in [1.165, 1.54) is 25.7 Å². The van der Waals surface area contributed by atoms with Crippen LogP contribution in [0.1, 0.15) is 36.0 Å². The molecular weight excluding hydrogens is 314 g/mol. The number of hydrogen-bond acceptors (Lipinski definition) is 4. The van der Waals surface area contributed by atoms with E-state index in [9.17, 15) is 4.79 Å². The molecule has 6 heteroatoms. The highest BCUT2D eigenvalue weighted by Crippen LogP contribution is 2.18. The number of aromatic nitrogens is 3. The van der Waals surface area contributed by atoms with E-state index in [1.807, 2.05) is 41.1 Å². The van der Waals surface area contributed by atoms with Gasteiger partial charge in [-0.2, -0.15) is 0 Å². The SMILES string of the molecule is O=C(Nc1ccn2ccnc2c1)c1ccc(N2CCCCCC2)nc1. The summed E-state index contributed by atoms with van der Waals surface area (Å²) in [5.41, 5.74) is 2.08. The Morgan fingerprint density at radius 1 is 1.00 bits per heavy atom. The van der Waals surface area contributed by atoms with Gasteiger partial charge in [0.2, 0.25) is 0 Å². The minimum Gasteiger partial charge on any atom is -0.357 e. The maximum absolute atomic E-state index is 12.4. The van der Waals surface area contributed by atoms with E-state index in [0.717, 1.165) is 30.2 Å². The van der Waals surface area contributed by atoms with Crippen molar-refractivity contribution in [2.24, 2.45) is 0 Å². The zero-order valence-electron chi connectivity index (χ0n) is 14.1. The van der Waals surface area contributed by atoms with E-state index < -0.39 is 0 Å².